The van der Waals surface area contributed by atoms with E-state index in [0.717, 1.165) is 22.9 Å². The van der Waals surface area contributed by atoms with Crippen molar-refractivity contribution in [2.24, 2.45) is 0 Å². The van der Waals surface area contributed by atoms with Crippen LogP contribution in [0.2, 0.25) is 0 Å². The van der Waals surface area contributed by atoms with Crippen LogP contribution in [-0.4, -0.2) is 17.3 Å². The quantitative estimate of drug-likeness (QED) is 0.884. The number of hydrogen-bond donors (Lipinski definition) is 1. The Hall–Kier alpha value is -1.62. The molecule has 1 atom stereocenters. The fraction of sp³-hybridized carbons (Fsp3) is 0.333. The van der Waals surface area contributed by atoms with Gasteiger partial charge in [0, 0.05) is 5.56 Å². The first-order valence-electron chi connectivity index (χ1n) is 5.50. The van der Waals surface area contributed by atoms with Crippen molar-refractivity contribution in [3.05, 3.63) is 35.3 Å². The number of ether oxygens (including phenoxy) is 1. The third kappa shape index (κ3) is 2.74. The van der Waals surface area contributed by atoms with Crippen LogP contribution in [0.4, 0.5) is 5.13 Å². The first-order valence-corrected chi connectivity index (χ1v) is 6.38. The average molecular weight is 249 g/mol. The molecule has 5 heteroatoms. The molecule has 0 radical (unpaired) electrons. The summed E-state index contributed by atoms with van der Waals surface area (Å²) in [6.45, 7) is 2.13. The molecule has 1 unspecified atom stereocenters. The Morgan fingerprint density at radius 2 is 2.24 bits per heavy atom. The minimum absolute atomic E-state index is 0.194. The molecule has 0 aliphatic rings. The van der Waals surface area contributed by atoms with Gasteiger partial charge in [-0.05, 0) is 12.5 Å². The van der Waals surface area contributed by atoms with Gasteiger partial charge in [0.15, 0.2) is 0 Å². The van der Waals surface area contributed by atoms with Gasteiger partial charge in [0.1, 0.15) is 11.3 Å². The van der Waals surface area contributed by atoms with Gasteiger partial charge in [-0.2, -0.15) is 0 Å². The highest BCUT2D eigenvalue weighted by Crippen LogP contribution is 2.30. The number of para-hydroxylation sites is 1. The number of benzene rings is 1. The number of aromatic nitrogens is 2. The predicted octanol–water partition coefficient (Wildman–Crippen LogP) is 3.11. The van der Waals surface area contributed by atoms with Crippen LogP contribution in [0.1, 0.15) is 24.9 Å². The fourth-order valence-electron chi connectivity index (χ4n) is 1.74. The molecule has 0 aliphatic carbocycles. The van der Waals surface area contributed by atoms with E-state index in [1.807, 2.05) is 18.2 Å². The molecule has 0 amide bonds. The second kappa shape index (κ2) is 5.63. The van der Waals surface area contributed by atoms with Gasteiger partial charge >= 0.3 is 0 Å². The molecule has 2 aromatic rings. The van der Waals surface area contributed by atoms with Crippen molar-refractivity contribution >= 4 is 16.5 Å². The Balaban J connectivity index is 2.22. The standard InChI is InChI=1S/C12H15N3OS/c1-3-10(14-12-15-13-8-17-12)9-6-4-5-7-11(9)16-2/h4-8,10H,3H2,1-2H3,(H,14,15). The Morgan fingerprint density at radius 3 is 2.88 bits per heavy atom. The number of methoxy groups -OCH3 is 1. The molecule has 0 aliphatic heterocycles. The van der Waals surface area contributed by atoms with E-state index in [1.54, 1.807) is 12.6 Å². The molecule has 0 bridgehead atoms. The topological polar surface area (TPSA) is 47.0 Å². The molecule has 0 saturated carbocycles. The Morgan fingerprint density at radius 1 is 1.41 bits per heavy atom. The summed E-state index contributed by atoms with van der Waals surface area (Å²) >= 11 is 1.50. The lowest BCUT2D eigenvalue weighted by Gasteiger charge is -2.18. The Labute approximate surface area is 105 Å². The summed E-state index contributed by atoms with van der Waals surface area (Å²) < 4.78 is 5.37. The molecule has 4 nitrogen and oxygen atoms in total. The van der Waals surface area contributed by atoms with Gasteiger partial charge in [-0.15, -0.1) is 10.2 Å². The largest absolute Gasteiger partial charge is 0.496 e. The smallest absolute Gasteiger partial charge is 0.205 e. The summed E-state index contributed by atoms with van der Waals surface area (Å²) in [5.41, 5.74) is 2.87. The molecule has 0 fully saturated rings. The van der Waals surface area contributed by atoms with Gasteiger partial charge in [-0.25, -0.2) is 0 Å². The van der Waals surface area contributed by atoms with Crippen LogP contribution < -0.4 is 10.1 Å². The van der Waals surface area contributed by atoms with Gasteiger partial charge in [-0.3, -0.25) is 0 Å². The fourth-order valence-corrected chi connectivity index (χ4v) is 2.24. The molecule has 1 aromatic carbocycles. The van der Waals surface area contributed by atoms with Crippen LogP contribution >= 0.6 is 11.3 Å². The maximum Gasteiger partial charge on any atom is 0.205 e. The van der Waals surface area contributed by atoms with Crippen molar-refractivity contribution in [3.63, 3.8) is 0 Å². The van der Waals surface area contributed by atoms with E-state index in [2.05, 4.69) is 28.5 Å². The molecule has 1 aromatic heterocycles. The summed E-state index contributed by atoms with van der Waals surface area (Å²) in [6.07, 6.45) is 0.958. The van der Waals surface area contributed by atoms with E-state index in [-0.39, 0.29) is 6.04 Å². The van der Waals surface area contributed by atoms with Gasteiger partial charge < -0.3 is 10.1 Å². The van der Waals surface area contributed by atoms with Crippen LogP contribution in [-0.2, 0) is 0 Å². The van der Waals surface area contributed by atoms with Crippen molar-refractivity contribution < 1.29 is 4.74 Å². The number of hydrogen-bond acceptors (Lipinski definition) is 5. The van der Waals surface area contributed by atoms with Crippen LogP contribution in [0.15, 0.2) is 29.8 Å². The molecule has 90 valence electrons. The van der Waals surface area contributed by atoms with Gasteiger partial charge in [-0.1, -0.05) is 36.5 Å². The average Bonchev–Trinajstić information content (AvgIpc) is 2.89. The summed E-state index contributed by atoms with van der Waals surface area (Å²) in [6, 6.07) is 8.22. The maximum atomic E-state index is 5.37. The third-order valence-electron chi connectivity index (χ3n) is 2.58. The summed E-state index contributed by atoms with van der Waals surface area (Å²) in [5, 5.41) is 12.0. The first kappa shape index (κ1) is 11.9. The predicted molar refractivity (Wildman–Crippen MR) is 69.6 cm³/mol. The van der Waals surface area contributed by atoms with Crippen molar-refractivity contribution in [2.45, 2.75) is 19.4 Å². The van der Waals surface area contributed by atoms with E-state index in [4.69, 9.17) is 4.74 Å². The zero-order chi connectivity index (χ0) is 12.1. The highest BCUT2D eigenvalue weighted by atomic mass is 32.1. The second-order valence-corrected chi connectivity index (χ2v) is 4.42. The normalized spacial score (nSPS) is 12.1. The second-order valence-electron chi connectivity index (χ2n) is 3.59. The van der Waals surface area contributed by atoms with Crippen LogP contribution in [0.5, 0.6) is 5.75 Å². The first-order chi connectivity index (χ1) is 8.35. The third-order valence-corrected chi connectivity index (χ3v) is 3.20. The molecular formula is C12H15N3OS. The van der Waals surface area contributed by atoms with E-state index in [0.29, 0.717) is 0 Å². The minimum Gasteiger partial charge on any atom is -0.496 e. The van der Waals surface area contributed by atoms with Gasteiger partial charge in [0.2, 0.25) is 5.13 Å². The summed E-state index contributed by atoms with van der Waals surface area (Å²) in [7, 11) is 1.69. The molecule has 0 saturated heterocycles. The number of rotatable bonds is 5. The van der Waals surface area contributed by atoms with E-state index < -0.39 is 0 Å². The zero-order valence-electron chi connectivity index (χ0n) is 9.88. The van der Waals surface area contributed by atoms with Crippen molar-refractivity contribution in [1.29, 1.82) is 0 Å². The van der Waals surface area contributed by atoms with Gasteiger partial charge in [0.05, 0.1) is 13.2 Å². The van der Waals surface area contributed by atoms with Crippen molar-refractivity contribution in [3.8, 4) is 5.75 Å². The van der Waals surface area contributed by atoms with Crippen LogP contribution in [0, 0.1) is 0 Å². The molecule has 0 spiro atoms. The Bertz CT molecular complexity index is 459. The lowest BCUT2D eigenvalue weighted by Crippen LogP contribution is -2.10. The lowest BCUT2D eigenvalue weighted by molar-refractivity contribution is 0.406. The monoisotopic (exact) mass is 249 g/mol. The molecule has 1 N–H and O–H groups in total. The molecule has 1 heterocycles. The minimum atomic E-state index is 0.194. The molecule has 17 heavy (non-hydrogen) atoms. The molecule has 2 rings (SSSR count). The van der Waals surface area contributed by atoms with Crippen molar-refractivity contribution in [2.75, 3.05) is 12.4 Å². The van der Waals surface area contributed by atoms with Crippen LogP contribution in [0.25, 0.3) is 0 Å². The number of nitrogens with zero attached hydrogens (tertiary/aromatic N) is 2. The lowest BCUT2D eigenvalue weighted by atomic mass is 10.0. The van der Waals surface area contributed by atoms with E-state index in [9.17, 15) is 0 Å². The highest BCUT2D eigenvalue weighted by Gasteiger charge is 2.14. The highest BCUT2D eigenvalue weighted by molar-refractivity contribution is 7.13. The summed E-state index contributed by atoms with van der Waals surface area (Å²) in [4.78, 5) is 0. The maximum absolute atomic E-state index is 5.37. The zero-order valence-corrected chi connectivity index (χ0v) is 10.7. The van der Waals surface area contributed by atoms with Crippen molar-refractivity contribution in [1.82, 2.24) is 10.2 Å². The van der Waals surface area contributed by atoms with Gasteiger partial charge in [0.25, 0.3) is 0 Å². The van der Waals surface area contributed by atoms with E-state index in [1.165, 1.54) is 11.3 Å². The Kier molecular flexibility index (Phi) is 3.93. The number of nitrogens with one attached hydrogen (secondary N) is 1. The summed E-state index contributed by atoms with van der Waals surface area (Å²) in [5.74, 6) is 0.899. The SMILES string of the molecule is CCC(Nc1nncs1)c1ccccc1OC. The number of anilines is 1. The van der Waals surface area contributed by atoms with Crippen LogP contribution in [0.3, 0.4) is 0 Å². The van der Waals surface area contributed by atoms with E-state index >= 15 is 0 Å². The molecular weight excluding hydrogens is 234 g/mol.